The van der Waals surface area contributed by atoms with E-state index in [1.54, 1.807) is 49.2 Å². The topological polar surface area (TPSA) is 92.2 Å². The first-order valence-corrected chi connectivity index (χ1v) is 9.34. The van der Waals surface area contributed by atoms with Crippen LogP contribution < -0.4 is 10.6 Å². The van der Waals surface area contributed by atoms with Crippen molar-refractivity contribution in [2.24, 2.45) is 0 Å². The molecule has 2 heterocycles. The number of pyridine rings is 1. The third-order valence-electron chi connectivity index (χ3n) is 4.15. The number of anilines is 2. The fourth-order valence-electron chi connectivity index (χ4n) is 2.89. The average molecular weight is 410 g/mol. The normalized spacial score (nSPS) is 10.8. The molecule has 0 atom stereocenters. The average Bonchev–Trinajstić information content (AvgIpc) is 3.01. The minimum absolute atomic E-state index is 0.00229. The van der Waals surface area contributed by atoms with Crippen LogP contribution in [-0.2, 0) is 9.59 Å². The lowest BCUT2D eigenvalue weighted by molar-refractivity contribution is -0.119. The minimum atomic E-state index is -0.353. The molecule has 0 saturated heterocycles. The van der Waals surface area contributed by atoms with Crippen LogP contribution in [0, 0.1) is 19.7 Å². The molecule has 0 unspecified atom stereocenters. The van der Waals surface area contributed by atoms with Crippen LogP contribution in [0.3, 0.4) is 0 Å². The van der Waals surface area contributed by atoms with Crippen molar-refractivity contribution in [1.82, 2.24) is 19.7 Å². The molecule has 30 heavy (non-hydrogen) atoms. The van der Waals surface area contributed by atoms with Crippen LogP contribution in [0.2, 0.25) is 0 Å². The molecule has 0 radical (unpaired) electrons. The maximum Gasteiger partial charge on any atom is 0.239 e. The van der Waals surface area contributed by atoms with Gasteiger partial charge in [-0.15, -0.1) is 0 Å². The molecule has 2 aromatic heterocycles. The van der Waals surface area contributed by atoms with Crippen molar-refractivity contribution in [1.29, 1.82) is 0 Å². The van der Waals surface area contributed by atoms with Crippen molar-refractivity contribution >= 4 is 23.5 Å². The number of carbonyl (C=O) groups excluding carboxylic acids is 2. The van der Waals surface area contributed by atoms with Crippen molar-refractivity contribution in [2.45, 2.75) is 13.8 Å². The van der Waals surface area contributed by atoms with Gasteiger partial charge in [0.1, 0.15) is 17.5 Å². The van der Waals surface area contributed by atoms with Gasteiger partial charge in [0.2, 0.25) is 11.8 Å². The highest BCUT2D eigenvalue weighted by Crippen LogP contribution is 2.17. The molecule has 0 aliphatic rings. The number of nitrogens with one attached hydrogen (secondary N) is 2. The number of amides is 2. The summed E-state index contributed by atoms with van der Waals surface area (Å²) in [6.07, 6.45) is 0. The van der Waals surface area contributed by atoms with E-state index in [1.165, 1.54) is 16.8 Å². The Labute approximate surface area is 173 Å². The van der Waals surface area contributed by atoms with Crippen molar-refractivity contribution in [2.75, 3.05) is 30.8 Å². The molecule has 0 aliphatic heterocycles. The third-order valence-corrected chi connectivity index (χ3v) is 4.15. The van der Waals surface area contributed by atoms with Crippen LogP contribution in [0.25, 0.3) is 5.69 Å². The lowest BCUT2D eigenvalue weighted by Crippen LogP contribution is -2.36. The highest BCUT2D eigenvalue weighted by molar-refractivity contribution is 5.94. The number of rotatable bonds is 7. The van der Waals surface area contributed by atoms with Gasteiger partial charge in [-0.3, -0.25) is 14.5 Å². The van der Waals surface area contributed by atoms with Gasteiger partial charge in [-0.25, -0.2) is 14.1 Å². The molecule has 0 fully saturated rings. The molecule has 1 aromatic carbocycles. The van der Waals surface area contributed by atoms with Gasteiger partial charge in [0.05, 0.1) is 24.5 Å². The number of benzene rings is 1. The quantitative estimate of drug-likeness (QED) is 0.625. The molecule has 156 valence electrons. The minimum Gasteiger partial charge on any atom is -0.310 e. The third kappa shape index (κ3) is 5.71. The van der Waals surface area contributed by atoms with Crippen LogP contribution >= 0.6 is 0 Å². The molecule has 3 aromatic rings. The van der Waals surface area contributed by atoms with E-state index in [0.29, 0.717) is 23.0 Å². The zero-order chi connectivity index (χ0) is 21.7. The first-order valence-electron chi connectivity index (χ1n) is 9.34. The number of likely N-dealkylation sites (N-methyl/N-ethyl adjacent to an activating group) is 1. The lowest BCUT2D eigenvalue weighted by atomic mass is 10.3. The summed E-state index contributed by atoms with van der Waals surface area (Å²) < 4.78 is 14.7. The first-order chi connectivity index (χ1) is 14.3. The summed E-state index contributed by atoms with van der Waals surface area (Å²) in [5, 5.41) is 9.83. The van der Waals surface area contributed by atoms with E-state index in [2.05, 4.69) is 20.7 Å². The summed E-state index contributed by atoms with van der Waals surface area (Å²) in [6.45, 7) is 3.66. The smallest absolute Gasteiger partial charge is 0.239 e. The van der Waals surface area contributed by atoms with Crippen molar-refractivity contribution in [3.8, 4) is 5.69 Å². The SMILES string of the molecule is Cc1cccc(NC(=O)CN(C)CC(=O)Nc2cc(C)nn2-c2ccc(F)cc2)n1. The molecule has 2 N–H and O–H groups in total. The number of aryl methyl sites for hydroxylation is 2. The van der Waals surface area contributed by atoms with Crippen LogP contribution in [0.5, 0.6) is 0 Å². The van der Waals surface area contributed by atoms with E-state index in [1.807, 2.05) is 13.0 Å². The number of carbonyl (C=O) groups is 2. The van der Waals surface area contributed by atoms with E-state index in [-0.39, 0.29) is 30.7 Å². The van der Waals surface area contributed by atoms with Gasteiger partial charge in [-0.2, -0.15) is 5.10 Å². The lowest BCUT2D eigenvalue weighted by Gasteiger charge is -2.16. The number of aromatic nitrogens is 3. The highest BCUT2D eigenvalue weighted by atomic mass is 19.1. The van der Waals surface area contributed by atoms with Crippen LogP contribution in [0.4, 0.5) is 16.0 Å². The standard InChI is InChI=1S/C21H23FN6O2/c1-14-5-4-6-18(23-14)24-20(29)12-27(3)13-21(30)25-19-11-15(2)26-28(19)17-9-7-16(22)8-10-17/h4-11H,12-13H2,1-3H3,(H,25,30)(H,23,24,29). The van der Waals surface area contributed by atoms with Crippen molar-refractivity contribution in [3.05, 3.63) is 65.7 Å². The fraction of sp³-hybridized carbons (Fsp3) is 0.238. The van der Waals surface area contributed by atoms with Crippen molar-refractivity contribution in [3.63, 3.8) is 0 Å². The van der Waals surface area contributed by atoms with Crippen molar-refractivity contribution < 1.29 is 14.0 Å². The second-order valence-electron chi connectivity index (χ2n) is 6.99. The Kier molecular flexibility index (Phi) is 6.53. The molecule has 8 nitrogen and oxygen atoms in total. The van der Waals surface area contributed by atoms with Gasteiger partial charge < -0.3 is 10.6 Å². The van der Waals surface area contributed by atoms with Crippen LogP contribution in [0.1, 0.15) is 11.4 Å². The Hall–Kier alpha value is -3.59. The Bertz CT molecular complexity index is 1050. The summed E-state index contributed by atoms with van der Waals surface area (Å²) in [5.41, 5.74) is 2.12. The molecule has 0 aliphatic carbocycles. The van der Waals surface area contributed by atoms with Gasteiger partial charge in [0.15, 0.2) is 0 Å². The summed E-state index contributed by atoms with van der Waals surface area (Å²) >= 11 is 0. The van der Waals surface area contributed by atoms with E-state index in [0.717, 1.165) is 5.69 Å². The maximum atomic E-state index is 13.2. The summed E-state index contributed by atoms with van der Waals surface area (Å²) in [7, 11) is 1.67. The van der Waals surface area contributed by atoms with E-state index in [9.17, 15) is 14.0 Å². The summed E-state index contributed by atoms with van der Waals surface area (Å²) in [6, 6.07) is 12.9. The van der Waals surface area contributed by atoms with Gasteiger partial charge in [-0.05, 0) is 57.3 Å². The molecule has 0 bridgehead atoms. The predicted octanol–water partition coefficient (Wildman–Crippen LogP) is 2.53. The Morgan fingerprint density at radius 3 is 2.33 bits per heavy atom. The van der Waals surface area contributed by atoms with E-state index >= 15 is 0 Å². The molecular weight excluding hydrogens is 387 g/mol. The largest absolute Gasteiger partial charge is 0.310 e. The van der Waals surface area contributed by atoms with Gasteiger partial charge >= 0.3 is 0 Å². The molecule has 0 spiro atoms. The zero-order valence-corrected chi connectivity index (χ0v) is 17.0. The van der Waals surface area contributed by atoms with Crippen LogP contribution in [0.15, 0.2) is 48.5 Å². The Morgan fingerprint density at radius 1 is 1.00 bits per heavy atom. The molecule has 2 amide bonds. The monoisotopic (exact) mass is 410 g/mol. The second kappa shape index (κ2) is 9.27. The Morgan fingerprint density at radius 2 is 1.67 bits per heavy atom. The first kappa shape index (κ1) is 21.1. The second-order valence-corrected chi connectivity index (χ2v) is 6.99. The highest BCUT2D eigenvalue weighted by Gasteiger charge is 2.15. The number of hydrogen-bond donors (Lipinski definition) is 2. The molecule has 9 heteroatoms. The van der Waals surface area contributed by atoms with E-state index < -0.39 is 0 Å². The Balaban J connectivity index is 1.57. The molecular formula is C21H23FN6O2. The summed E-state index contributed by atoms with van der Waals surface area (Å²) in [4.78, 5) is 30.4. The number of nitrogens with zero attached hydrogens (tertiary/aromatic N) is 4. The van der Waals surface area contributed by atoms with Gasteiger partial charge in [-0.1, -0.05) is 6.07 Å². The van der Waals surface area contributed by atoms with Crippen LogP contribution in [-0.4, -0.2) is 51.6 Å². The van der Waals surface area contributed by atoms with Gasteiger partial charge in [0, 0.05) is 11.8 Å². The predicted molar refractivity (Wildman–Crippen MR) is 112 cm³/mol. The number of hydrogen-bond acceptors (Lipinski definition) is 5. The number of halogens is 1. The summed E-state index contributed by atoms with van der Waals surface area (Å²) in [5.74, 6) is 0.00858. The van der Waals surface area contributed by atoms with E-state index in [4.69, 9.17) is 0 Å². The fourth-order valence-corrected chi connectivity index (χ4v) is 2.89. The zero-order valence-electron chi connectivity index (χ0n) is 17.0. The molecule has 3 rings (SSSR count). The maximum absolute atomic E-state index is 13.2. The molecule has 0 saturated carbocycles. The van der Waals surface area contributed by atoms with Gasteiger partial charge in [0.25, 0.3) is 0 Å².